The number of carbonyl (C=O) groups is 5. The molecule has 3 aromatic carbocycles. The number of halogens is 4. The van der Waals surface area contributed by atoms with Crippen molar-refractivity contribution in [1.82, 2.24) is 10.0 Å². The lowest BCUT2D eigenvalue weighted by Crippen LogP contribution is -2.52. The highest BCUT2D eigenvalue weighted by molar-refractivity contribution is 9.12. The van der Waals surface area contributed by atoms with Crippen LogP contribution in [0, 0.1) is 30.6 Å². The minimum Gasteiger partial charge on any atom is -0.423 e. The van der Waals surface area contributed by atoms with E-state index >= 15 is 0 Å². The first kappa shape index (κ1) is 31.0. The van der Waals surface area contributed by atoms with Crippen molar-refractivity contribution in [3.63, 3.8) is 0 Å². The van der Waals surface area contributed by atoms with Gasteiger partial charge in [0.1, 0.15) is 12.3 Å². The molecule has 6 atom stereocenters. The van der Waals surface area contributed by atoms with E-state index in [1.54, 1.807) is 24.3 Å². The fourth-order valence-electron chi connectivity index (χ4n) is 6.40. The molecule has 0 unspecified atom stereocenters. The van der Waals surface area contributed by atoms with Crippen LogP contribution in [-0.2, 0) is 9.59 Å². The molecule has 3 aromatic rings. The van der Waals surface area contributed by atoms with Crippen LogP contribution < -0.4 is 4.74 Å². The summed E-state index contributed by atoms with van der Waals surface area (Å²) in [5.74, 6) is -4.06. The summed E-state index contributed by atoms with van der Waals surface area (Å²) in [5, 5.41) is 2.03. The fraction of sp³-hybridized carbons (Fsp3) is 0.281. The first-order valence-corrected chi connectivity index (χ1v) is 16.4. The first-order valence-electron chi connectivity index (χ1n) is 13.8. The Hall–Kier alpha value is -3.05. The number of fused-ring (bicyclic) bond motifs is 5. The Labute approximate surface area is 279 Å². The summed E-state index contributed by atoms with van der Waals surface area (Å²) in [4.78, 5) is 67.6. The lowest BCUT2D eigenvalue weighted by atomic mass is 9.81. The van der Waals surface area contributed by atoms with E-state index in [0.717, 1.165) is 15.6 Å². The molecule has 1 heterocycles. The number of rotatable bonds is 7. The lowest BCUT2D eigenvalue weighted by Gasteiger charge is -2.31. The highest BCUT2D eigenvalue weighted by Gasteiger charge is 2.67. The Morgan fingerprint density at radius 2 is 1.43 bits per heavy atom. The highest BCUT2D eigenvalue weighted by Crippen LogP contribution is 2.60. The topological polar surface area (TPSA) is 101 Å². The van der Waals surface area contributed by atoms with E-state index in [0.29, 0.717) is 17.0 Å². The lowest BCUT2D eigenvalue weighted by molar-refractivity contribution is -0.154. The van der Waals surface area contributed by atoms with Gasteiger partial charge in [-0.25, -0.2) is 9.80 Å². The van der Waals surface area contributed by atoms with E-state index in [-0.39, 0.29) is 43.4 Å². The largest absolute Gasteiger partial charge is 0.423 e. The standard InChI is InChI=1S/C32H24Br2Cl2N2O6/c1-15-2-4-17(5-3-15)32(43)44-19-9-6-16(7-10-19)24(39)14-37(29(40)20-11-8-18(35)12-23(20)36)38-30(41)25-21-13-22(26(25)31(38)42)28(34)27(21)33/h2-12,21-22,25-28H,13-14H2,1H3/t21-,22-,25-,26-,27-,28+/m1/s1. The predicted molar refractivity (Wildman–Crippen MR) is 170 cm³/mol. The van der Waals surface area contributed by atoms with Gasteiger partial charge in [-0.05, 0) is 79.8 Å². The Kier molecular flexibility index (Phi) is 8.47. The van der Waals surface area contributed by atoms with E-state index in [1.807, 2.05) is 6.92 Å². The van der Waals surface area contributed by atoms with E-state index in [1.165, 1.54) is 42.5 Å². The van der Waals surface area contributed by atoms with Crippen molar-refractivity contribution in [3.05, 3.63) is 99.0 Å². The average molecular weight is 763 g/mol. The number of ether oxygens (including phenoxy) is 1. The maximum Gasteiger partial charge on any atom is 0.343 e. The molecule has 44 heavy (non-hydrogen) atoms. The first-order chi connectivity index (χ1) is 21.0. The quantitative estimate of drug-likeness (QED) is 0.0892. The number of hydrazine groups is 1. The van der Waals surface area contributed by atoms with Gasteiger partial charge in [0.15, 0.2) is 5.78 Å². The average Bonchev–Trinajstić information content (AvgIpc) is 3.61. The maximum absolute atomic E-state index is 13.9. The second-order valence-electron chi connectivity index (χ2n) is 11.2. The summed E-state index contributed by atoms with van der Waals surface area (Å²) in [6, 6.07) is 17.0. The van der Waals surface area contributed by atoms with Crippen LogP contribution in [0.4, 0.5) is 0 Å². The van der Waals surface area contributed by atoms with Crippen molar-refractivity contribution in [1.29, 1.82) is 0 Å². The maximum atomic E-state index is 13.9. The number of benzene rings is 3. The third kappa shape index (κ3) is 5.40. The molecule has 3 fully saturated rings. The van der Waals surface area contributed by atoms with Crippen LogP contribution in [-0.4, -0.2) is 55.7 Å². The number of esters is 1. The molecular weight excluding hydrogens is 739 g/mol. The van der Waals surface area contributed by atoms with E-state index in [2.05, 4.69) is 31.9 Å². The smallest absolute Gasteiger partial charge is 0.343 e. The SMILES string of the molecule is Cc1ccc(C(=O)Oc2ccc(C(=O)CN(C(=O)c3ccc(Cl)cc3Cl)N3C(=O)[C@@H]4[C@H]5C[C@@H]([C@@H](Br)[C@H]5Br)[C@H]4C3=O)cc2)cc1. The number of nitrogens with zero attached hydrogens (tertiary/aromatic N) is 2. The zero-order chi connectivity index (χ0) is 31.4. The van der Waals surface area contributed by atoms with Crippen LogP contribution in [0.25, 0.3) is 0 Å². The summed E-state index contributed by atoms with van der Waals surface area (Å²) in [7, 11) is 0. The second-order valence-corrected chi connectivity index (χ2v) is 14.1. The minimum atomic E-state index is -0.788. The van der Waals surface area contributed by atoms with Gasteiger partial charge in [-0.15, -0.1) is 0 Å². The van der Waals surface area contributed by atoms with Crippen LogP contribution in [0.15, 0.2) is 66.7 Å². The molecule has 0 radical (unpaired) electrons. The van der Waals surface area contributed by atoms with Crippen molar-refractivity contribution >= 4 is 84.5 Å². The molecule has 0 aromatic heterocycles. The normalized spacial score (nSPS) is 25.2. The molecule has 226 valence electrons. The molecule has 1 saturated heterocycles. The van der Waals surface area contributed by atoms with Crippen LogP contribution in [0.3, 0.4) is 0 Å². The molecular formula is C32H24Br2Cl2N2O6. The fourth-order valence-corrected chi connectivity index (χ4v) is 8.76. The van der Waals surface area contributed by atoms with Crippen LogP contribution in [0.1, 0.15) is 43.1 Å². The van der Waals surface area contributed by atoms with Gasteiger partial charge in [-0.3, -0.25) is 19.2 Å². The molecule has 0 N–H and O–H groups in total. The Morgan fingerprint density at radius 1 is 0.864 bits per heavy atom. The molecule has 6 rings (SSSR count). The number of Topliss-reactive ketones (excluding diaryl/α,β-unsaturated/α-hetero) is 1. The molecule has 12 heteroatoms. The number of amides is 3. The second kappa shape index (κ2) is 12.0. The van der Waals surface area contributed by atoms with Gasteiger partial charge in [-0.2, -0.15) is 5.01 Å². The summed E-state index contributed by atoms with van der Waals surface area (Å²) in [6.45, 7) is 1.30. The summed E-state index contributed by atoms with van der Waals surface area (Å²) >= 11 is 19.7. The van der Waals surface area contributed by atoms with Crippen molar-refractivity contribution in [3.8, 4) is 5.75 Å². The molecule has 1 aliphatic heterocycles. The molecule has 2 bridgehead atoms. The number of imide groups is 1. The molecule has 2 aliphatic carbocycles. The third-order valence-corrected chi connectivity index (χ3v) is 12.3. The van der Waals surface area contributed by atoms with Gasteiger partial charge in [0.25, 0.3) is 17.7 Å². The van der Waals surface area contributed by atoms with Crippen molar-refractivity contribution in [2.75, 3.05) is 6.54 Å². The third-order valence-electron chi connectivity index (χ3n) is 8.57. The van der Waals surface area contributed by atoms with Crippen LogP contribution in [0.2, 0.25) is 10.0 Å². The minimum absolute atomic E-state index is 0.000524. The summed E-state index contributed by atoms with van der Waals surface area (Å²) < 4.78 is 5.42. The van der Waals surface area contributed by atoms with Gasteiger partial charge in [0, 0.05) is 20.2 Å². The van der Waals surface area contributed by atoms with Gasteiger partial charge in [0.2, 0.25) is 0 Å². The molecule has 3 amide bonds. The predicted octanol–water partition coefficient (Wildman–Crippen LogP) is 6.54. The van der Waals surface area contributed by atoms with E-state index < -0.39 is 47.9 Å². The number of hydrogen-bond donors (Lipinski definition) is 0. The van der Waals surface area contributed by atoms with E-state index in [4.69, 9.17) is 27.9 Å². The number of carbonyl (C=O) groups excluding carboxylic acids is 5. The van der Waals surface area contributed by atoms with Gasteiger partial charge in [-0.1, -0.05) is 72.8 Å². The number of ketones is 1. The Balaban J connectivity index is 1.26. The summed E-state index contributed by atoms with van der Waals surface area (Å²) in [6.07, 6.45) is 0.712. The highest BCUT2D eigenvalue weighted by atomic mass is 79.9. The zero-order valence-electron chi connectivity index (χ0n) is 23.1. The molecule has 2 saturated carbocycles. The number of aryl methyl sites for hydroxylation is 1. The van der Waals surface area contributed by atoms with Crippen molar-refractivity contribution in [2.24, 2.45) is 23.7 Å². The molecule has 0 spiro atoms. The van der Waals surface area contributed by atoms with Crippen LogP contribution in [0.5, 0.6) is 5.75 Å². The Morgan fingerprint density at radius 3 is 2.00 bits per heavy atom. The number of hydrogen-bond acceptors (Lipinski definition) is 6. The molecule has 3 aliphatic rings. The molecule has 8 nitrogen and oxygen atoms in total. The number of alkyl halides is 2. The summed E-state index contributed by atoms with van der Waals surface area (Å²) in [5.41, 5.74) is 1.55. The Bertz CT molecular complexity index is 1670. The van der Waals surface area contributed by atoms with Gasteiger partial charge < -0.3 is 4.74 Å². The van der Waals surface area contributed by atoms with Crippen molar-refractivity contribution in [2.45, 2.75) is 23.0 Å². The van der Waals surface area contributed by atoms with Crippen molar-refractivity contribution < 1.29 is 28.7 Å². The van der Waals surface area contributed by atoms with Gasteiger partial charge in [0.05, 0.1) is 28.0 Å². The zero-order valence-corrected chi connectivity index (χ0v) is 27.8. The monoisotopic (exact) mass is 760 g/mol. The van der Waals surface area contributed by atoms with Crippen LogP contribution >= 0.6 is 55.1 Å². The van der Waals surface area contributed by atoms with Gasteiger partial charge >= 0.3 is 5.97 Å². The van der Waals surface area contributed by atoms with E-state index in [9.17, 15) is 24.0 Å².